The maximum Gasteiger partial charge on any atom is 0.204 e. The second-order valence-electron chi connectivity index (χ2n) is 2.85. The summed E-state index contributed by atoms with van der Waals surface area (Å²) in [6.07, 6.45) is 5.46. The second-order valence-corrected chi connectivity index (χ2v) is 3.89. The number of hydrogen-bond donors (Lipinski definition) is 2. The molecule has 96 valence electrons. The van der Waals surface area contributed by atoms with Crippen LogP contribution >= 0.6 is 0 Å². The Kier molecular flexibility index (Phi) is 9.86. The zero-order chi connectivity index (χ0) is 12.9. The van der Waals surface area contributed by atoms with E-state index in [-0.39, 0.29) is 6.41 Å². The molecule has 2 N–H and O–H groups in total. The Bertz CT molecular complexity index is 319. The van der Waals surface area contributed by atoms with Crippen molar-refractivity contribution in [2.75, 3.05) is 13.1 Å². The van der Waals surface area contributed by atoms with Crippen molar-refractivity contribution in [3.8, 4) is 0 Å². The van der Waals surface area contributed by atoms with Crippen LogP contribution in [0.2, 0.25) is 0 Å². The van der Waals surface area contributed by atoms with E-state index < -0.39 is 10.9 Å². The van der Waals surface area contributed by atoms with Gasteiger partial charge < -0.3 is 5.73 Å². The number of hydrogen-bond acceptors (Lipinski definition) is 6. The molecule has 17 heavy (non-hydrogen) atoms. The normalized spacial score (nSPS) is 14.2. The number of nitrogens with zero attached hydrogens (tertiary/aromatic N) is 4. The molecule has 0 aliphatic carbocycles. The molecule has 1 amide bonds. The number of carbonyl (C=O) groups excluding carboxylic acids is 1. The van der Waals surface area contributed by atoms with E-state index in [1.54, 1.807) is 18.5 Å². The van der Waals surface area contributed by atoms with Crippen LogP contribution in [0, 0.1) is 0 Å². The summed E-state index contributed by atoms with van der Waals surface area (Å²) in [4.78, 5) is 8.58. The van der Waals surface area contributed by atoms with Crippen molar-refractivity contribution < 1.29 is 13.2 Å². The van der Waals surface area contributed by atoms with E-state index in [4.69, 9.17) is 4.79 Å². The van der Waals surface area contributed by atoms with Crippen molar-refractivity contribution in [2.45, 2.75) is 12.8 Å². The Balaban J connectivity index is 0.000000252. The fourth-order valence-corrected chi connectivity index (χ4v) is 1.68. The summed E-state index contributed by atoms with van der Waals surface area (Å²) < 4.78 is 21.8. The number of primary amides is 1. The van der Waals surface area contributed by atoms with Crippen LogP contribution in [0.25, 0.3) is 0 Å². The molecule has 8 nitrogen and oxygen atoms in total. The van der Waals surface area contributed by atoms with Crippen LogP contribution in [0.1, 0.15) is 12.8 Å². The zero-order valence-electron chi connectivity index (χ0n) is 9.18. The molecule has 2 heterocycles. The van der Waals surface area contributed by atoms with E-state index in [9.17, 15) is 8.42 Å². The van der Waals surface area contributed by atoms with Crippen molar-refractivity contribution in [2.24, 2.45) is 5.73 Å². The molecule has 1 aromatic heterocycles. The van der Waals surface area contributed by atoms with E-state index in [0.717, 1.165) is 25.9 Å². The monoisotopic (exact) mass is 261 g/mol. The van der Waals surface area contributed by atoms with Crippen LogP contribution in [-0.4, -0.2) is 47.6 Å². The van der Waals surface area contributed by atoms with Crippen LogP contribution in [0.15, 0.2) is 18.5 Å². The third kappa shape index (κ3) is 9.33. The number of carbonyl (C=O) groups is 1. The van der Waals surface area contributed by atoms with Crippen LogP contribution in [0.3, 0.4) is 0 Å². The third-order valence-electron chi connectivity index (χ3n) is 1.72. The summed E-state index contributed by atoms with van der Waals surface area (Å²) in [5.41, 5.74) is 4.17. The van der Waals surface area contributed by atoms with Gasteiger partial charge in [0.05, 0.1) is 12.4 Å². The quantitative estimate of drug-likeness (QED) is 0.473. The average Bonchev–Trinajstić information content (AvgIpc) is 2.87. The number of thiol groups is 1. The SMILES string of the molecule is NC=O.O=[SH](=O)N1CCCC1.c1cnnnc1. The molecule has 0 spiro atoms. The lowest BCUT2D eigenvalue weighted by molar-refractivity contribution is -0.106. The largest absolute Gasteiger partial charge is 0.372 e. The van der Waals surface area contributed by atoms with Crippen LogP contribution in [0.5, 0.6) is 0 Å². The van der Waals surface area contributed by atoms with Crippen molar-refractivity contribution in [3.63, 3.8) is 0 Å². The highest BCUT2D eigenvalue weighted by Crippen LogP contribution is 2.05. The highest BCUT2D eigenvalue weighted by atomic mass is 32.2. The van der Waals surface area contributed by atoms with E-state index >= 15 is 0 Å². The molecule has 1 aliphatic rings. The summed E-state index contributed by atoms with van der Waals surface area (Å²) in [5.74, 6) is 0. The fourth-order valence-electron chi connectivity index (χ4n) is 1.07. The molecule has 2 rings (SSSR count). The minimum absolute atomic E-state index is 0.250. The first kappa shape index (κ1) is 15.4. The topological polar surface area (TPSA) is 119 Å². The number of amides is 1. The molecule has 1 fully saturated rings. The van der Waals surface area contributed by atoms with Gasteiger partial charge >= 0.3 is 0 Å². The highest BCUT2D eigenvalue weighted by molar-refractivity contribution is 7.69. The Morgan fingerprint density at radius 2 is 1.65 bits per heavy atom. The van der Waals surface area contributed by atoms with Gasteiger partial charge in [-0.05, 0) is 24.1 Å². The molecule has 0 radical (unpaired) electrons. The number of nitrogens with two attached hydrogens (primary N) is 1. The predicted molar refractivity (Wildman–Crippen MR) is 61.2 cm³/mol. The van der Waals surface area contributed by atoms with Gasteiger partial charge in [0, 0.05) is 13.1 Å². The van der Waals surface area contributed by atoms with Gasteiger partial charge in [-0.15, -0.1) is 10.2 Å². The van der Waals surface area contributed by atoms with Gasteiger partial charge in [-0.1, -0.05) is 0 Å². The summed E-state index contributed by atoms with van der Waals surface area (Å²) in [7, 11) is -2.27. The molecule has 1 saturated heterocycles. The lowest BCUT2D eigenvalue weighted by Crippen LogP contribution is -2.15. The van der Waals surface area contributed by atoms with Crippen LogP contribution in [-0.2, 0) is 15.7 Å². The number of rotatable bonds is 1. The molecule has 0 aromatic carbocycles. The predicted octanol–water partition coefficient (Wildman–Crippen LogP) is -1.42. The van der Waals surface area contributed by atoms with Crippen molar-refractivity contribution in [1.82, 2.24) is 19.7 Å². The van der Waals surface area contributed by atoms with E-state index in [1.165, 1.54) is 4.31 Å². The first-order valence-corrected chi connectivity index (χ1v) is 5.98. The minimum atomic E-state index is -2.27. The van der Waals surface area contributed by atoms with Crippen LogP contribution in [0.4, 0.5) is 0 Å². The number of aromatic nitrogens is 3. The van der Waals surface area contributed by atoms with E-state index in [0.29, 0.717) is 0 Å². The van der Waals surface area contributed by atoms with Crippen molar-refractivity contribution in [1.29, 1.82) is 0 Å². The van der Waals surface area contributed by atoms with Crippen molar-refractivity contribution in [3.05, 3.63) is 18.5 Å². The lowest BCUT2D eigenvalue weighted by Gasteiger charge is -2.00. The molecule has 0 atom stereocenters. The molecule has 0 unspecified atom stereocenters. The molecule has 1 aliphatic heterocycles. The maximum absolute atomic E-state index is 10.2. The maximum atomic E-state index is 10.2. The van der Waals surface area contributed by atoms with Gasteiger partial charge in [-0.2, -0.15) is 0 Å². The second kappa shape index (κ2) is 10.9. The van der Waals surface area contributed by atoms with Crippen molar-refractivity contribution >= 4 is 17.3 Å². The Hall–Kier alpha value is -1.61. The van der Waals surface area contributed by atoms with Gasteiger partial charge in [0.15, 0.2) is 0 Å². The summed E-state index contributed by atoms with van der Waals surface area (Å²) >= 11 is 0. The molecule has 0 saturated carbocycles. The van der Waals surface area contributed by atoms with Crippen LogP contribution < -0.4 is 5.73 Å². The molecule has 1 aromatic rings. The Morgan fingerprint density at radius 3 is 1.82 bits per heavy atom. The van der Waals surface area contributed by atoms with Gasteiger partial charge in [0.25, 0.3) is 0 Å². The first-order chi connectivity index (χ1) is 8.22. The molecular formula is C8H15N5O3S. The van der Waals surface area contributed by atoms with Gasteiger partial charge in [-0.25, -0.2) is 12.7 Å². The minimum Gasteiger partial charge on any atom is -0.372 e. The van der Waals surface area contributed by atoms with E-state index in [1.807, 2.05) is 0 Å². The average molecular weight is 261 g/mol. The van der Waals surface area contributed by atoms with Gasteiger partial charge in [-0.3, -0.25) is 4.79 Å². The van der Waals surface area contributed by atoms with E-state index in [2.05, 4.69) is 21.1 Å². The summed E-state index contributed by atoms with van der Waals surface area (Å²) in [6.45, 7) is 1.47. The molecule has 0 bridgehead atoms. The Labute approximate surface area is 101 Å². The third-order valence-corrected chi connectivity index (χ3v) is 2.58. The smallest absolute Gasteiger partial charge is 0.204 e. The summed E-state index contributed by atoms with van der Waals surface area (Å²) in [6, 6.07) is 1.72. The lowest BCUT2D eigenvalue weighted by atomic mass is 10.4. The van der Waals surface area contributed by atoms with Gasteiger partial charge in [0.1, 0.15) is 0 Å². The highest BCUT2D eigenvalue weighted by Gasteiger charge is 2.11. The van der Waals surface area contributed by atoms with Gasteiger partial charge in [0.2, 0.25) is 17.3 Å². The molecule has 9 heteroatoms. The summed E-state index contributed by atoms with van der Waals surface area (Å²) in [5, 5.41) is 10.1. The standard InChI is InChI=1S/C4H9NO2S.C3H3N3.CH3NO/c6-8(7)5-3-1-2-4-5;1-2-4-6-5-3-1;2-1-3/h8H,1-4H2;1-3H;1H,(H2,2,3). The first-order valence-electron chi connectivity index (χ1n) is 4.85. The Morgan fingerprint density at radius 1 is 1.18 bits per heavy atom. The molecular weight excluding hydrogens is 246 g/mol. The fraction of sp³-hybridized carbons (Fsp3) is 0.500. The zero-order valence-corrected chi connectivity index (χ0v) is 10.1.